The number of likely N-dealkylation sites (tertiary alicyclic amines) is 1. The molecule has 2 saturated heterocycles. The number of piperazine rings is 1. The van der Waals surface area contributed by atoms with Crippen LogP contribution in [-0.4, -0.2) is 55.1 Å². The van der Waals surface area contributed by atoms with E-state index in [1.165, 1.54) is 54.5 Å². The van der Waals surface area contributed by atoms with Gasteiger partial charge in [0, 0.05) is 61.6 Å². The molecule has 1 N–H and O–H groups in total. The van der Waals surface area contributed by atoms with Crippen LogP contribution in [0.25, 0.3) is 10.4 Å². The molecule has 0 aliphatic carbocycles. The van der Waals surface area contributed by atoms with Gasteiger partial charge in [0.05, 0.1) is 0 Å². The minimum absolute atomic E-state index is 0.174. The Labute approximate surface area is 147 Å². The lowest BCUT2D eigenvalue weighted by atomic mass is 10.2. The van der Waals surface area contributed by atoms with Crippen molar-refractivity contribution in [1.29, 1.82) is 0 Å². The summed E-state index contributed by atoms with van der Waals surface area (Å²) in [6, 6.07) is 11.9. The van der Waals surface area contributed by atoms with Gasteiger partial charge in [-0.05, 0) is 36.2 Å². The molecule has 0 spiro atoms. The van der Waals surface area contributed by atoms with E-state index in [1.54, 1.807) is 0 Å². The number of rotatable bonds is 4. The van der Waals surface area contributed by atoms with Gasteiger partial charge in [0.15, 0.2) is 0 Å². The molecule has 3 nitrogen and oxygen atoms in total. The van der Waals surface area contributed by atoms with E-state index in [0.717, 1.165) is 31.2 Å². The van der Waals surface area contributed by atoms with Crippen molar-refractivity contribution in [3.8, 4) is 10.4 Å². The summed E-state index contributed by atoms with van der Waals surface area (Å²) in [6.07, 6.45) is 1.29. The van der Waals surface area contributed by atoms with Crippen molar-refractivity contribution in [2.75, 3.05) is 39.3 Å². The Morgan fingerprint density at radius 2 is 1.83 bits per heavy atom. The van der Waals surface area contributed by atoms with Crippen LogP contribution in [0.5, 0.6) is 0 Å². The van der Waals surface area contributed by atoms with Crippen molar-refractivity contribution < 1.29 is 4.39 Å². The van der Waals surface area contributed by atoms with E-state index in [2.05, 4.69) is 27.2 Å². The number of nitrogens with zero attached hydrogens (tertiary/aromatic N) is 2. The topological polar surface area (TPSA) is 18.5 Å². The zero-order valence-electron chi connectivity index (χ0n) is 13.9. The first kappa shape index (κ1) is 16.2. The van der Waals surface area contributed by atoms with Gasteiger partial charge >= 0.3 is 0 Å². The largest absolute Gasteiger partial charge is 0.314 e. The third kappa shape index (κ3) is 3.70. The van der Waals surface area contributed by atoms with Crippen LogP contribution in [-0.2, 0) is 6.54 Å². The molecule has 0 amide bonds. The molecule has 2 fully saturated rings. The summed E-state index contributed by atoms with van der Waals surface area (Å²) >= 11 is 1.83. The Morgan fingerprint density at radius 3 is 2.62 bits per heavy atom. The van der Waals surface area contributed by atoms with Gasteiger partial charge in [-0.1, -0.05) is 12.1 Å². The fourth-order valence-electron chi connectivity index (χ4n) is 3.75. The highest BCUT2D eigenvalue weighted by Gasteiger charge is 2.28. The van der Waals surface area contributed by atoms with E-state index >= 15 is 0 Å². The quantitative estimate of drug-likeness (QED) is 0.919. The van der Waals surface area contributed by atoms with Crippen LogP contribution in [0.1, 0.15) is 11.3 Å². The van der Waals surface area contributed by atoms with Gasteiger partial charge in [-0.3, -0.25) is 9.80 Å². The van der Waals surface area contributed by atoms with E-state index in [0.29, 0.717) is 0 Å². The van der Waals surface area contributed by atoms with Crippen LogP contribution in [0.2, 0.25) is 0 Å². The second kappa shape index (κ2) is 7.31. The van der Waals surface area contributed by atoms with E-state index in [1.807, 2.05) is 23.5 Å². The van der Waals surface area contributed by atoms with Crippen LogP contribution >= 0.6 is 11.3 Å². The molecular weight excluding hydrogens is 321 g/mol. The molecule has 0 bridgehead atoms. The maximum absolute atomic E-state index is 13.1. The molecule has 2 aliphatic heterocycles. The Hall–Kier alpha value is -1.27. The highest BCUT2D eigenvalue weighted by Crippen LogP contribution is 2.30. The van der Waals surface area contributed by atoms with Crippen LogP contribution in [0, 0.1) is 5.82 Å². The number of hydrogen-bond acceptors (Lipinski definition) is 4. The predicted molar refractivity (Wildman–Crippen MR) is 97.8 cm³/mol. The summed E-state index contributed by atoms with van der Waals surface area (Å²) in [6.45, 7) is 8.04. The molecule has 0 saturated carbocycles. The first-order valence-corrected chi connectivity index (χ1v) is 9.61. The fourth-order valence-corrected chi connectivity index (χ4v) is 4.81. The van der Waals surface area contributed by atoms with E-state index in [4.69, 9.17) is 0 Å². The molecule has 4 rings (SSSR count). The lowest BCUT2D eigenvalue weighted by Crippen LogP contribution is -2.49. The van der Waals surface area contributed by atoms with Crippen molar-refractivity contribution in [2.45, 2.75) is 19.0 Å². The van der Waals surface area contributed by atoms with E-state index < -0.39 is 0 Å². The molecule has 2 aromatic rings. The van der Waals surface area contributed by atoms with Crippen molar-refractivity contribution in [2.24, 2.45) is 0 Å². The van der Waals surface area contributed by atoms with Crippen molar-refractivity contribution in [3.63, 3.8) is 0 Å². The summed E-state index contributed by atoms with van der Waals surface area (Å²) in [4.78, 5) is 7.85. The average Bonchev–Trinajstić information content (AvgIpc) is 3.27. The standard InChI is InChI=1S/C19H24FN3S/c20-16-3-1-15(2-4-16)19-6-5-18(24-19)14-22-10-7-17(13-22)23-11-8-21-9-12-23/h1-6,17,21H,7-14H2. The Balaban J connectivity index is 1.35. The van der Waals surface area contributed by atoms with Gasteiger partial charge in [-0.2, -0.15) is 0 Å². The summed E-state index contributed by atoms with van der Waals surface area (Å²) in [5.41, 5.74) is 1.10. The van der Waals surface area contributed by atoms with Crippen molar-refractivity contribution in [1.82, 2.24) is 15.1 Å². The zero-order chi connectivity index (χ0) is 16.4. The number of nitrogens with one attached hydrogen (secondary N) is 1. The Morgan fingerprint density at radius 1 is 1.04 bits per heavy atom. The van der Waals surface area contributed by atoms with Gasteiger partial charge in [0.2, 0.25) is 0 Å². The van der Waals surface area contributed by atoms with Crippen molar-refractivity contribution >= 4 is 11.3 Å². The highest BCUT2D eigenvalue weighted by atomic mass is 32.1. The normalized spacial score (nSPS) is 23.0. The molecular formula is C19H24FN3S. The predicted octanol–water partition coefficient (Wildman–Crippen LogP) is 3.03. The first-order chi connectivity index (χ1) is 11.8. The van der Waals surface area contributed by atoms with E-state index in [-0.39, 0.29) is 5.82 Å². The molecule has 1 aromatic carbocycles. The Kier molecular flexibility index (Phi) is 4.94. The maximum atomic E-state index is 13.1. The van der Waals surface area contributed by atoms with Crippen LogP contribution < -0.4 is 5.32 Å². The summed E-state index contributed by atoms with van der Waals surface area (Å²) in [7, 11) is 0. The lowest BCUT2D eigenvalue weighted by Gasteiger charge is -2.32. The molecule has 1 aromatic heterocycles. The van der Waals surface area contributed by atoms with Crippen LogP contribution in [0.15, 0.2) is 36.4 Å². The third-order valence-electron chi connectivity index (χ3n) is 5.09. The van der Waals surface area contributed by atoms with Gasteiger partial charge in [0.1, 0.15) is 5.82 Å². The second-order valence-electron chi connectivity index (χ2n) is 6.74. The molecule has 1 atom stereocenters. The number of halogens is 1. The van der Waals surface area contributed by atoms with Gasteiger partial charge in [-0.15, -0.1) is 11.3 Å². The minimum atomic E-state index is -0.174. The van der Waals surface area contributed by atoms with Crippen molar-refractivity contribution in [3.05, 3.63) is 47.1 Å². The summed E-state index contributed by atoms with van der Waals surface area (Å²) in [5, 5.41) is 3.43. The van der Waals surface area contributed by atoms with Gasteiger partial charge < -0.3 is 5.32 Å². The average molecular weight is 345 g/mol. The first-order valence-electron chi connectivity index (χ1n) is 8.80. The number of thiophene rings is 1. The minimum Gasteiger partial charge on any atom is -0.314 e. The summed E-state index contributed by atoms with van der Waals surface area (Å²) in [5.74, 6) is -0.174. The van der Waals surface area contributed by atoms with Gasteiger partial charge in [0.25, 0.3) is 0 Å². The molecule has 5 heteroatoms. The molecule has 1 unspecified atom stereocenters. The maximum Gasteiger partial charge on any atom is 0.123 e. The molecule has 24 heavy (non-hydrogen) atoms. The Bertz CT molecular complexity index is 664. The molecule has 3 heterocycles. The second-order valence-corrected chi connectivity index (χ2v) is 7.90. The smallest absolute Gasteiger partial charge is 0.123 e. The highest BCUT2D eigenvalue weighted by molar-refractivity contribution is 7.15. The lowest BCUT2D eigenvalue weighted by molar-refractivity contribution is 0.170. The van der Waals surface area contributed by atoms with E-state index in [9.17, 15) is 4.39 Å². The third-order valence-corrected chi connectivity index (χ3v) is 6.20. The number of hydrogen-bond donors (Lipinski definition) is 1. The van der Waals surface area contributed by atoms with Crippen LogP contribution in [0.3, 0.4) is 0 Å². The SMILES string of the molecule is Fc1ccc(-c2ccc(CN3CCC(N4CCNCC4)C3)s2)cc1. The molecule has 0 radical (unpaired) electrons. The number of benzene rings is 1. The zero-order valence-corrected chi connectivity index (χ0v) is 14.7. The summed E-state index contributed by atoms with van der Waals surface area (Å²) < 4.78 is 13.1. The molecule has 128 valence electrons. The van der Waals surface area contributed by atoms with Crippen LogP contribution in [0.4, 0.5) is 4.39 Å². The fraction of sp³-hybridized carbons (Fsp3) is 0.474. The monoisotopic (exact) mass is 345 g/mol. The van der Waals surface area contributed by atoms with Gasteiger partial charge in [-0.25, -0.2) is 4.39 Å². The molecule has 2 aliphatic rings.